The first kappa shape index (κ1) is 13.3. The summed E-state index contributed by atoms with van der Waals surface area (Å²) in [5.74, 6) is -0.413. The van der Waals surface area contributed by atoms with E-state index in [-0.39, 0.29) is 11.7 Å². The zero-order valence-corrected chi connectivity index (χ0v) is 10.8. The Labute approximate surface area is 111 Å². The van der Waals surface area contributed by atoms with Crippen LogP contribution in [0.2, 0.25) is 0 Å². The quantitative estimate of drug-likeness (QED) is 0.894. The Kier molecular flexibility index (Phi) is 4.00. The van der Waals surface area contributed by atoms with Gasteiger partial charge in [0.25, 0.3) is 0 Å². The number of hydrogen-bond donors (Lipinski definition) is 1. The number of hydrogen-bond acceptors (Lipinski definition) is 2. The first-order chi connectivity index (χ1) is 9.10. The molecule has 1 unspecified atom stereocenters. The van der Waals surface area contributed by atoms with Crippen LogP contribution in [0.5, 0.6) is 5.75 Å². The highest BCUT2D eigenvalue weighted by molar-refractivity contribution is 5.47. The van der Waals surface area contributed by atoms with Crippen molar-refractivity contribution < 1.29 is 13.5 Å². The average Bonchev–Trinajstić information content (AvgIpc) is 2.42. The topological polar surface area (TPSA) is 21.3 Å². The Morgan fingerprint density at radius 3 is 2.32 bits per heavy atom. The molecule has 0 aliphatic carbocycles. The van der Waals surface area contributed by atoms with Gasteiger partial charge in [0.2, 0.25) is 0 Å². The SMILES string of the molecule is COc1ccc(C(C)Nc2ccc(F)cc2F)cc1. The van der Waals surface area contributed by atoms with Crippen LogP contribution in [0.3, 0.4) is 0 Å². The zero-order chi connectivity index (χ0) is 13.8. The van der Waals surface area contributed by atoms with Crippen molar-refractivity contribution in [1.29, 1.82) is 0 Å². The average molecular weight is 263 g/mol. The lowest BCUT2D eigenvalue weighted by molar-refractivity contribution is 0.414. The van der Waals surface area contributed by atoms with E-state index in [2.05, 4.69) is 5.32 Å². The van der Waals surface area contributed by atoms with Crippen molar-refractivity contribution in [3.63, 3.8) is 0 Å². The van der Waals surface area contributed by atoms with Crippen LogP contribution in [0.25, 0.3) is 0 Å². The van der Waals surface area contributed by atoms with E-state index in [9.17, 15) is 8.78 Å². The lowest BCUT2D eigenvalue weighted by Gasteiger charge is -2.16. The first-order valence-electron chi connectivity index (χ1n) is 5.95. The normalized spacial score (nSPS) is 12.0. The summed E-state index contributed by atoms with van der Waals surface area (Å²) < 4.78 is 31.4. The van der Waals surface area contributed by atoms with Crippen molar-refractivity contribution in [3.05, 3.63) is 59.7 Å². The summed E-state index contributed by atoms with van der Waals surface area (Å²) >= 11 is 0. The van der Waals surface area contributed by atoms with E-state index in [1.54, 1.807) is 7.11 Å². The van der Waals surface area contributed by atoms with E-state index in [4.69, 9.17) is 4.74 Å². The second-order valence-electron chi connectivity index (χ2n) is 4.26. The predicted molar refractivity (Wildman–Crippen MR) is 71.4 cm³/mol. The minimum absolute atomic E-state index is 0.0918. The maximum atomic E-state index is 13.5. The summed E-state index contributed by atoms with van der Waals surface area (Å²) in [6.45, 7) is 1.91. The third-order valence-electron chi connectivity index (χ3n) is 2.92. The molecule has 1 atom stereocenters. The highest BCUT2D eigenvalue weighted by Gasteiger charge is 2.09. The standard InChI is InChI=1S/C15H15F2NO/c1-10(11-3-6-13(19-2)7-4-11)18-15-8-5-12(16)9-14(15)17/h3-10,18H,1-2H3. The molecule has 2 aromatic rings. The van der Waals surface area contributed by atoms with Crippen LogP contribution >= 0.6 is 0 Å². The van der Waals surface area contributed by atoms with Crippen molar-refractivity contribution in [2.24, 2.45) is 0 Å². The number of anilines is 1. The third kappa shape index (κ3) is 3.22. The number of halogens is 2. The minimum atomic E-state index is -0.597. The van der Waals surface area contributed by atoms with Gasteiger partial charge in [-0.05, 0) is 36.8 Å². The maximum Gasteiger partial charge on any atom is 0.149 e. The number of ether oxygens (including phenoxy) is 1. The molecule has 0 saturated heterocycles. The molecule has 0 aromatic heterocycles. The maximum absolute atomic E-state index is 13.5. The van der Waals surface area contributed by atoms with Gasteiger partial charge in [0, 0.05) is 12.1 Å². The molecule has 2 nitrogen and oxygen atoms in total. The van der Waals surface area contributed by atoms with Gasteiger partial charge in [0.15, 0.2) is 0 Å². The minimum Gasteiger partial charge on any atom is -0.497 e. The molecule has 2 rings (SSSR count). The molecule has 0 spiro atoms. The van der Waals surface area contributed by atoms with Crippen LogP contribution in [-0.2, 0) is 0 Å². The molecular formula is C15H15F2NO. The molecule has 0 bridgehead atoms. The Morgan fingerprint density at radius 2 is 1.74 bits per heavy atom. The second-order valence-corrected chi connectivity index (χ2v) is 4.26. The summed E-state index contributed by atoms with van der Waals surface area (Å²) in [5, 5.41) is 3.01. The second kappa shape index (κ2) is 5.69. The van der Waals surface area contributed by atoms with Gasteiger partial charge < -0.3 is 10.1 Å². The lowest BCUT2D eigenvalue weighted by Crippen LogP contribution is -2.08. The monoisotopic (exact) mass is 263 g/mol. The van der Waals surface area contributed by atoms with Gasteiger partial charge in [0.05, 0.1) is 12.8 Å². The van der Waals surface area contributed by atoms with Crippen LogP contribution in [0.4, 0.5) is 14.5 Å². The Hall–Kier alpha value is -2.10. The number of rotatable bonds is 4. The van der Waals surface area contributed by atoms with Crippen LogP contribution in [0, 0.1) is 11.6 Å². The Bertz CT molecular complexity index is 555. The molecule has 0 aliphatic rings. The molecule has 0 fully saturated rings. The highest BCUT2D eigenvalue weighted by atomic mass is 19.1. The summed E-state index contributed by atoms with van der Waals surface area (Å²) in [6, 6.07) is 10.9. The Balaban J connectivity index is 2.13. The van der Waals surface area contributed by atoms with Crippen LogP contribution in [0.1, 0.15) is 18.5 Å². The van der Waals surface area contributed by atoms with Gasteiger partial charge in [-0.25, -0.2) is 8.78 Å². The van der Waals surface area contributed by atoms with Gasteiger partial charge in [-0.3, -0.25) is 0 Å². The third-order valence-corrected chi connectivity index (χ3v) is 2.92. The molecule has 2 aromatic carbocycles. The van der Waals surface area contributed by atoms with E-state index in [1.165, 1.54) is 12.1 Å². The fourth-order valence-corrected chi connectivity index (χ4v) is 1.82. The molecule has 100 valence electrons. The lowest BCUT2D eigenvalue weighted by atomic mass is 10.1. The largest absolute Gasteiger partial charge is 0.497 e. The first-order valence-corrected chi connectivity index (χ1v) is 5.95. The van der Waals surface area contributed by atoms with E-state index in [0.29, 0.717) is 0 Å². The number of nitrogens with one attached hydrogen (secondary N) is 1. The fourth-order valence-electron chi connectivity index (χ4n) is 1.82. The van der Waals surface area contributed by atoms with Crippen molar-refractivity contribution in [2.75, 3.05) is 12.4 Å². The zero-order valence-electron chi connectivity index (χ0n) is 10.8. The number of methoxy groups -OCH3 is 1. The van der Waals surface area contributed by atoms with Crippen molar-refractivity contribution in [3.8, 4) is 5.75 Å². The van der Waals surface area contributed by atoms with Crippen LogP contribution in [-0.4, -0.2) is 7.11 Å². The molecule has 1 N–H and O–H groups in total. The Morgan fingerprint density at radius 1 is 1.05 bits per heavy atom. The van der Waals surface area contributed by atoms with E-state index in [1.807, 2.05) is 31.2 Å². The summed E-state index contributed by atoms with van der Waals surface area (Å²) in [4.78, 5) is 0. The van der Waals surface area contributed by atoms with Gasteiger partial charge >= 0.3 is 0 Å². The molecule has 0 aliphatic heterocycles. The molecule has 0 amide bonds. The van der Waals surface area contributed by atoms with E-state index < -0.39 is 11.6 Å². The molecule has 19 heavy (non-hydrogen) atoms. The predicted octanol–water partition coefficient (Wildman–Crippen LogP) is 4.15. The van der Waals surface area contributed by atoms with Crippen molar-refractivity contribution >= 4 is 5.69 Å². The summed E-state index contributed by atoms with van der Waals surface area (Å²) in [7, 11) is 1.60. The molecule has 4 heteroatoms. The van der Waals surface area contributed by atoms with Gasteiger partial charge in [-0.1, -0.05) is 12.1 Å². The van der Waals surface area contributed by atoms with Crippen LogP contribution in [0.15, 0.2) is 42.5 Å². The molecular weight excluding hydrogens is 248 g/mol. The highest BCUT2D eigenvalue weighted by Crippen LogP contribution is 2.23. The fraction of sp³-hybridized carbons (Fsp3) is 0.200. The van der Waals surface area contributed by atoms with Crippen LogP contribution < -0.4 is 10.1 Å². The van der Waals surface area contributed by atoms with E-state index in [0.717, 1.165) is 17.4 Å². The van der Waals surface area contributed by atoms with Crippen molar-refractivity contribution in [1.82, 2.24) is 0 Å². The molecule has 0 radical (unpaired) electrons. The van der Waals surface area contributed by atoms with Gasteiger partial charge in [0.1, 0.15) is 17.4 Å². The van der Waals surface area contributed by atoms with Gasteiger partial charge in [-0.15, -0.1) is 0 Å². The summed E-state index contributed by atoms with van der Waals surface area (Å²) in [6.07, 6.45) is 0. The van der Waals surface area contributed by atoms with E-state index >= 15 is 0 Å². The van der Waals surface area contributed by atoms with Crippen molar-refractivity contribution in [2.45, 2.75) is 13.0 Å². The smallest absolute Gasteiger partial charge is 0.149 e. The molecule has 0 saturated carbocycles. The summed E-state index contributed by atoms with van der Waals surface area (Å²) in [5.41, 5.74) is 1.27. The molecule has 0 heterocycles. The number of benzene rings is 2. The van der Waals surface area contributed by atoms with Gasteiger partial charge in [-0.2, -0.15) is 0 Å².